The summed E-state index contributed by atoms with van der Waals surface area (Å²) in [4.78, 5) is 88.2. The summed E-state index contributed by atoms with van der Waals surface area (Å²) in [5, 5.41) is 23.5. The highest BCUT2D eigenvalue weighted by Crippen LogP contribution is 2.46. The van der Waals surface area contributed by atoms with Gasteiger partial charge in [0.25, 0.3) is 0 Å². The third-order valence-electron chi connectivity index (χ3n) is 6.33. The van der Waals surface area contributed by atoms with Crippen LogP contribution in [0.25, 0.3) is 0 Å². The lowest BCUT2D eigenvalue weighted by Gasteiger charge is -2.45. The Kier molecular flexibility index (Phi) is 5.82. The molecule has 0 aliphatic carbocycles. The molecule has 0 radical (unpaired) electrons. The maximum absolute atomic E-state index is 13.3. The number of esters is 5. The Labute approximate surface area is 232 Å². The van der Waals surface area contributed by atoms with E-state index in [2.05, 4.69) is 4.89 Å². The van der Waals surface area contributed by atoms with Gasteiger partial charge in [-0.05, 0) is 36.4 Å². The van der Waals surface area contributed by atoms with E-state index in [1.54, 1.807) is 0 Å². The van der Waals surface area contributed by atoms with E-state index in [0.717, 1.165) is 36.4 Å². The maximum Gasteiger partial charge on any atom is 0.493 e. The van der Waals surface area contributed by atoms with Gasteiger partial charge in [-0.3, -0.25) is 4.89 Å². The number of hydrogen-bond donors (Lipinski definition) is 2. The number of ether oxygens (including phenoxy) is 5. The number of rotatable bonds is 1. The average Bonchev–Trinajstić information content (AvgIpc) is 3.08. The first-order chi connectivity index (χ1) is 20.0. The van der Waals surface area contributed by atoms with E-state index < -0.39 is 86.9 Å². The van der Waals surface area contributed by atoms with Gasteiger partial charge >= 0.3 is 53.5 Å². The zero-order valence-electron chi connectivity index (χ0n) is 20.6. The van der Waals surface area contributed by atoms with Crippen molar-refractivity contribution in [2.45, 2.75) is 17.7 Å². The van der Waals surface area contributed by atoms with Crippen LogP contribution in [0.1, 0.15) is 62.1 Å². The summed E-state index contributed by atoms with van der Waals surface area (Å²) < 4.78 is 25.1. The quantitative estimate of drug-likeness (QED) is 0.234. The van der Waals surface area contributed by atoms with Gasteiger partial charge in [0.1, 0.15) is 0 Å². The summed E-state index contributed by atoms with van der Waals surface area (Å²) >= 11 is 0. The summed E-state index contributed by atoms with van der Waals surface area (Å²) in [6.07, 6.45) is 0. The molecule has 15 heteroatoms. The minimum atomic E-state index is -4.35. The van der Waals surface area contributed by atoms with E-state index in [-0.39, 0.29) is 0 Å². The zero-order chi connectivity index (χ0) is 29.9. The van der Waals surface area contributed by atoms with E-state index in [4.69, 9.17) is 28.6 Å². The first-order valence-electron chi connectivity index (χ1n) is 11.8. The lowest BCUT2D eigenvalue weighted by atomic mass is 10.0. The third-order valence-corrected chi connectivity index (χ3v) is 6.33. The first-order valence-corrected chi connectivity index (χ1v) is 11.8. The number of carbonyl (C=O) groups excluding carboxylic acids is 6. The molecule has 15 nitrogen and oxygen atoms in total. The SMILES string of the molecule is O=C1OOC2(OC(=O)c3ccccc31)OC(=O)c1ccccc1C(=O)OC2(O)C1(O)OC(=O)c2ccccc2C(=O)O1. The molecule has 0 saturated heterocycles. The predicted octanol–water partition coefficient (Wildman–Crippen LogP) is 0.989. The topological polar surface area (TPSA) is 207 Å². The molecule has 0 fully saturated rings. The largest absolute Gasteiger partial charge is 0.493 e. The minimum absolute atomic E-state index is 0.415. The Morgan fingerprint density at radius 2 is 0.738 bits per heavy atom. The van der Waals surface area contributed by atoms with Gasteiger partial charge in [-0.2, -0.15) is 0 Å². The molecule has 42 heavy (non-hydrogen) atoms. The molecule has 3 aliphatic heterocycles. The van der Waals surface area contributed by atoms with Crippen molar-refractivity contribution in [3.63, 3.8) is 0 Å². The van der Waals surface area contributed by atoms with E-state index in [1.807, 2.05) is 0 Å². The first kappa shape index (κ1) is 26.6. The summed E-state index contributed by atoms with van der Waals surface area (Å²) in [7, 11) is 0. The van der Waals surface area contributed by atoms with Gasteiger partial charge in [0, 0.05) is 0 Å². The lowest BCUT2D eigenvalue weighted by molar-refractivity contribution is -0.580. The summed E-state index contributed by atoms with van der Waals surface area (Å²) in [5.74, 6) is -21.9. The normalized spacial score (nSPS) is 24.7. The highest BCUT2D eigenvalue weighted by molar-refractivity contribution is 6.06. The lowest BCUT2D eigenvalue weighted by Crippen LogP contribution is -2.75. The number of hydrogen-bond acceptors (Lipinski definition) is 15. The highest BCUT2D eigenvalue weighted by Gasteiger charge is 2.82. The number of cyclic esters (lactones) is 3. The number of aliphatic hydroxyl groups is 2. The van der Waals surface area contributed by atoms with Gasteiger partial charge in [-0.25, -0.2) is 28.8 Å². The molecule has 6 rings (SSSR count). The van der Waals surface area contributed by atoms with Gasteiger partial charge in [-0.1, -0.05) is 41.3 Å². The molecule has 2 unspecified atom stereocenters. The van der Waals surface area contributed by atoms with Crippen LogP contribution in [0, 0.1) is 0 Å². The number of fused-ring (bicyclic) bond motifs is 3. The minimum Gasteiger partial charge on any atom is -0.410 e. The molecular formula is C27H14O15. The molecule has 2 N–H and O–H groups in total. The molecule has 212 valence electrons. The molecule has 0 bridgehead atoms. The van der Waals surface area contributed by atoms with Crippen molar-refractivity contribution in [1.29, 1.82) is 0 Å². The molecule has 0 saturated carbocycles. The van der Waals surface area contributed by atoms with Gasteiger partial charge in [0.15, 0.2) is 0 Å². The smallest absolute Gasteiger partial charge is 0.410 e. The summed E-state index contributed by atoms with van der Waals surface area (Å²) in [5.41, 5.74) is -3.02. The van der Waals surface area contributed by atoms with Crippen molar-refractivity contribution in [3.8, 4) is 0 Å². The maximum atomic E-state index is 13.3. The molecule has 3 heterocycles. The van der Waals surface area contributed by atoms with Crippen LogP contribution in [0.4, 0.5) is 0 Å². The fraction of sp³-hybridized carbons (Fsp3) is 0.111. The van der Waals surface area contributed by atoms with Crippen molar-refractivity contribution in [1.82, 2.24) is 0 Å². The second-order valence-electron chi connectivity index (χ2n) is 8.82. The fourth-order valence-corrected chi connectivity index (χ4v) is 4.29. The number of carbonyl (C=O) groups is 6. The van der Waals surface area contributed by atoms with Crippen LogP contribution in [0.15, 0.2) is 72.8 Å². The zero-order valence-corrected chi connectivity index (χ0v) is 20.6. The molecule has 0 amide bonds. The summed E-state index contributed by atoms with van der Waals surface area (Å²) in [6, 6.07) is 14.4. The van der Waals surface area contributed by atoms with Gasteiger partial charge in [0.05, 0.1) is 33.4 Å². The van der Waals surface area contributed by atoms with E-state index in [9.17, 15) is 39.0 Å². The molecule has 3 aromatic rings. The Balaban J connectivity index is 1.58. The average molecular weight is 578 g/mol. The fourth-order valence-electron chi connectivity index (χ4n) is 4.29. The van der Waals surface area contributed by atoms with E-state index in [1.165, 1.54) is 36.4 Å². The predicted molar refractivity (Wildman–Crippen MR) is 126 cm³/mol. The molecule has 3 aromatic carbocycles. The van der Waals surface area contributed by atoms with Gasteiger partial charge in [0.2, 0.25) is 0 Å². The number of benzene rings is 3. The van der Waals surface area contributed by atoms with Crippen molar-refractivity contribution < 1.29 is 72.4 Å². The molecule has 0 aromatic heterocycles. The van der Waals surface area contributed by atoms with E-state index in [0.29, 0.717) is 0 Å². The van der Waals surface area contributed by atoms with Crippen molar-refractivity contribution in [2.24, 2.45) is 0 Å². The van der Waals surface area contributed by atoms with Gasteiger partial charge < -0.3 is 33.9 Å². The van der Waals surface area contributed by atoms with Crippen molar-refractivity contribution >= 4 is 35.8 Å². The van der Waals surface area contributed by atoms with Crippen molar-refractivity contribution in [3.05, 3.63) is 106 Å². The van der Waals surface area contributed by atoms with Crippen LogP contribution < -0.4 is 0 Å². The summed E-state index contributed by atoms with van der Waals surface area (Å²) in [6.45, 7) is 0. The molecule has 2 atom stereocenters. The second-order valence-corrected chi connectivity index (χ2v) is 8.82. The van der Waals surface area contributed by atoms with Crippen LogP contribution in [0.5, 0.6) is 0 Å². The Bertz CT molecular complexity index is 1680. The highest BCUT2D eigenvalue weighted by atomic mass is 17.3. The van der Waals surface area contributed by atoms with Crippen LogP contribution in [-0.2, 0) is 33.5 Å². The molecule has 3 aliphatic rings. The van der Waals surface area contributed by atoms with Crippen LogP contribution >= 0.6 is 0 Å². The monoisotopic (exact) mass is 578 g/mol. The Morgan fingerprint density at radius 3 is 1.12 bits per heavy atom. The molecule has 1 spiro atoms. The Hall–Kier alpha value is -5.64. The van der Waals surface area contributed by atoms with Crippen LogP contribution in [0.3, 0.4) is 0 Å². The van der Waals surface area contributed by atoms with Gasteiger partial charge in [-0.15, -0.1) is 0 Å². The molecular weight excluding hydrogens is 564 g/mol. The van der Waals surface area contributed by atoms with Crippen LogP contribution in [-0.4, -0.2) is 63.8 Å². The van der Waals surface area contributed by atoms with Crippen LogP contribution in [0.2, 0.25) is 0 Å². The van der Waals surface area contributed by atoms with Crippen molar-refractivity contribution in [2.75, 3.05) is 0 Å². The standard InChI is InChI=1S/C27H14O15/c28-19-13-7-1-4-10-16(13)22(31)39-27(40-23(32)17-11-5-6-12-18(17)24(33)41-42-27)25(34,36-19)26(35)37-20(29)14-8-2-3-9-15(14)21(30)38-26/h1-12,34-35H. The Morgan fingerprint density at radius 1 is 0.429 bits per heavy atom. The van der Waals surface area contributed by atoms with E-state index >= 15 is 0 Å². The second kappa shape index (κ2) is 9.20. The third kappa shape index (κ3) is 3.80.